The van der Waals surface area contributed by atoms with E-state index in [1.54, 1.807) is 48.5 Å². The number of nitrogens with zero attached hydrogens (tertiary/aromatic N) is 2. The third-order valence-electron chi connectivity index (χ3n) is 11.7. The molecule has 4 aromatic rings. The van der Waals surface area contributed by atoms with E-state index in [4.69, 9.17) is 65.4 Å². The van der Waals surface area contributed by atoms with Crippen molar-refractivity contribution in [3.63, 3.8) is 0 Å². The van der Waals surface area contributed by atoms with E-state index in [2.05, 4.69) is 29.9 Å². The number of rotatable bonds is 27. The number of benzene rings is 4. The van der Waals surface area contributed by atoms with Crippen LogP contribution < -0.4 is 20.1 Å². The lowest BCUT2D eigenvalue weighted by atomic mass is 9.85. The molecule has 4 aromatic carbocycles. The summed E-state index contributed by atoms with van der Waals surface area (Å²) >= 11 is 25.7. The van der Waals surface area contributed by atoms with Crippen molar-refractivity contribution >= 4 is 78.3 Å². The number of hydrogen-bond donors (Lipinski definition) is 4. The van der Waals surface area contributed by atoms with Gasteiger partial charge >= 0.3 is 0 Å². The first kappa shape index (κ1) is 55.9. The van der Waals surface area contributed by atoms with E-state index in [1.165, 1.54) is 0 Å². The third kappa shape index (κ3) is 16.5. The van der Waals surface area contributed by atoms with Crippen molar-refractivity contribution in [3.8, 4) is 0 Å². The number of carbonyl (C=O) groups excluding carboxylic acids is 2. The molecule has 0 saturated heterocycles. The Bertz CT molecular complexity index is 2470. The maximum Gasteiger partial charge on any atom is 0.240 e. The van der Waals surface area contributed by atoms with Crippen LogP contribution >= 0.6 is 46.4 Å². The third-order valence-corrected chi connectivity index (χ3v) is 15.7. The highest BCUT2D eigenvalue weighted by molar-refractivity contribution is 7.89. The molecule has 0 fully saturated rings. The van der Waals surface area contributed by atoms with Crippen molar-refractivity contribution in [2.45, 2.75) is 47.6 Å². The van der Waals surface area contributed by atoms with Gasteiger partial charge in [-0.2, -0.15) is 0 Å². The number of sulfonamides is 2. The van der Waals surface area contributed by atoms with Crippen LogP contribution in [0, 0.1) is 0 Å². The lowest BCUT2D eigenvalue weighted by Crippen LogP contribution is -2.32. The highest BCUT2D eigenvalue weighted by atomic mass is 35.5. The van der Waals surface area contributed by atoms with Crippen LogP contribution in [0.15, 0.2) is 82.6 Å². The molecule has 22 heteroatoms. The molecular formula is C48H60Cl4N6O10S2. The van der Waals surface area contributed by atoms with E-state index in [0.717, 1.165) is 33.4 Å². The molecule has 2 heterocycles. The van der Waals surface area contributed by atoms with Gasteiger partial charge in [0.2, 0.25) is 31.9 Å². The Kier molecular flexibility index (Phi) is 21.6. The van der Waals surface area contributed by atoms with Gasteiger partial charge in [0.25, 0.3) is 0 Å². The normalized spacial score (nSPS) is 16.4. The van der Waals surface area contributed by atoms with Crippen LogP contribution in [-0.4, -0.2) is 145 Å². The second kappa shape index (κ2) is 27.0. The number of halogens is 4. The summed E-state index contributed by atoms with van der Waals surface area (Å²) in [4.78, 5) is 29.0. The lowest BCUT2D eigenvalue weighted by Gasteiger charge is -2.33. The predicted molar refractivity (Wildman–Crippen MR) is 271 cm³/mol. The van der Waals surface area contributed by atoms with Gasteiger partial charge in [-0.15, -0.1) is 0 Å². The fourth-order valence-electron chi connectivity index (χ4n) is 8.29. The Morgan fingerprint density at radius 3 is 1.30 bits per heavy atom. The Morgan fingerprint density at radius 1 is 0.543 bits per heavy atom. The standard InChI is InChI=1S/C48H60Cl4N6O10S2/c1-57-29-41(39-25-35(49)27-45(51)43(39)31-57)33-5-3-7-37(23-33)69(61,62)55-13-17-67-21-19-65-15-11-53-47(59)9-10-48(60)54-12-16-66-20-22-68-18-14-56-70(63,64)38-8-4-6-34(24-38)42-30-58(2)32-44-40(42)26-36(50)28-46(44)52/h3-8,23-28,41-42,55-56H,9-22,29-32H2,1-2H3,(H,53,59)(H,54,60)/t41-,42-/m0/s1. The molecule has 16 nitrogen and oxygen atoms in total. The smallest absolute Gasteiger partial charge is 0.240 e. The number of hydrogen-bond acceptors (Lipinski definition) is 12. The van der Waals surface area contributed by atoms with Crippen LogP contribution in [0.25, 0.3) is 0 Å². The molecule has 2 amide bonds. The van der Waals surface area contributed by atoms with E-state index < -0.39 is 20.0 Å². The van der Waals surface area contributed by atoms with Gasteiger partial charge in [0.05, 0.1) is 62.6 Å². The number of nitrogens with one attached hydrogen (secondary N) is 4. The lowest BCUT2D eigenvalue weighted by molar-refractivity contribution is -0.126. The van der Waals surface area contributed by atoms with Crippen LogP contribution in [0.4, 0.5) is 0 Å². The fourth-order valence-corrected chi connectivity index (χ4v) is 11.6. The van der Waals surface area contributed by atoms with Crippen LogP contribution in [0.2, 0.25) is 20.1 Å². The molecule has 6 rings (SSSR count). The maximum absolute atomic E-state index is 13.1. The van der Waals surface area contributed by atoms with Crippen molar-refractivity contribution in [3.05, 3.63) is 126 Å². The van der Waals surface area contributed by atoms with E-state index in [-0.39, 0.29) is 125 Å². The summed E-state index contributed by atoms with van der Waals surface area (Å²) in [6, 6.07) is 21.0. The van der Waals surface area contributed by atoms with Gasteiger partial charge in [0.15, 0.2) is 0 Å². The zero-order chi connectivity index (χ0) is 50.3. The predicted octanol–water partition coefficient (Wildman–Crippen LogP) is 5.79. The monoisotopic (exact) mass is 1080 g/mol. The summed E-state index contributed by atoms with van der Waals surface area (Å²) in [5.41, 5.74) is 5.64. The van der Waals surface area contributed by atoms with Gasteiger partial charge in [-0.3, -0.25) is 9.59 Å². The minimum Gasteiger partial charge on any atom is -0.378 e. The number of ether oxygens (including phenoxy) is 4. The van der Waals surface area contributed by atoms with E-state index in [1.807, 2.05) is 38.4 Å². The molecule has 70 heavy (non-hydrogen) atoms. The Morgan fingerprint density at radius 2 is 0.914 bits per heavy atom. The first-order valence-corrected chi connectivity index (χ1v) is 27.3. The summed E-state index contributed by atoms with van der Waals surface area (Å²) in [7, 11) is -3.62. The molecule has 4 N–H and O–H groups in total. The maximum atomic E-state index is 13.1. The quantitative estimate of drug-likeness (QED) is 0.0527. The zero-order valence-electron chi connectivity index (χ0n) is 39.1. The number of likely N-dealkylation sites (N-methyl/N-ethyl adjacent to an activating group) is 2. The second-order valence-corrected chi connectivity index (χ2v) is 22.2. The summed E-state index contributed by atoms with van der Waals surface area (Å²) in [6.07, 6.45) is 0.0118. The molecule has 0 aromatic heterocycles. The Labute approximate surface area is 431 Å². The molecule has 2 atom stereocenters. The number of fused-ring (bicyclic) bond motifs is 2. The van der Waals surface area contributed by atoms with Crippen molar-refractivity contribution < 1.29 is 45.4 Å². The molecule has 2 aliphatic heterocycles. The average molecular weight is 1090 g/mol. The summed E-state index contributed by atoms with van der Waals surface area (Å²) < 4.78 is 79.7. The van der Waals surface area contributed by atoms with Gasteiger partial charge in [0, 0.05) is 97.1 Å². The molecule has 0 aliphatic carbocycles. The summed E-state index contributed by atoms with van der Waals surface area (Å²) in [5.74, 6) is -0.790. The Hall–Kier alpha value is -3.44. The minimum atomic E-state index is -3.80. The topological polar surface area (TPSA) is 194 Å². The highest BCUT2D eigenvalue weighted by Gasteiger charge is 2.30. The SMILES string of the molecule is CN1Cc2c(Cl)cc(Cl)cc2[C@H](c2cccc(S(=O)(=O)NCCOCCOCCNC(=O)CCC(=O)NCCOCCOCCNS(=O)(=O)c3cccc([C@@H]4CN(C)Cc5c(Cl)cc(Cl)cc54)c3)c2)C1. The molecule has 0 saturated carbocycles. The number of amides is 2. The molecule has 0 unspecified atom stereocenters. The van der Waals surface area contributed by atoms with Gasteiger partial charge in [-0.05, 0) is 96.0 Å². The van der Waals surface area contributed by atoms with Crippen molar-refractivity contribution in [1.82, 2.24) is 29.9 Å². The van der Waals surface area contributed by atoms with Gasteiger partial charge in [0.1, 0.15) is 0 Å². The van der Waals surface area contributed by atoms with E-state index in [0.29, 0.717) is 46.3 Å². The molecule has 382 valence electrons. The Balaban J connectivity index is 0.743. The van der Waals surface area contributed by atoms with Crippen molar-refractivity contribution in [2.24, 2.45) is 0 Å². The molecular weight excluding hydrogens is 1030 g/mol. The van der Waals surface area contributed by atoms with Crippen molar-refractivity contribution in [2.75, 3.05) is 106 Å². The van der Waals surface area contributed by atoms with Crippen LogP contribution in [0.1, 0.15) is 58.1 Å². The molecule has 0 radical (unpaired) electrons. The molecule has 0 spiro atoms. The van der Waals surface area contributed by atoms with Gasteiger partial charge in [-0.1, -0.05) is 70.7 Å². The van der Waals surface area contributed by atoms with Crippen LogP contribution in [0.5, 0.6) is 0 Å². The zero-order valence-corrected chi connectivity index (χ0v) is 43.8. The molecule has 2 aliphatic rings. The van der Waals surface area contributed by atoms with Crippen LogP contribution in [-0.2, 0) is 61.7 Å². The largest absolute Gasteiger partial charge is 0.378 e. The van der Waals surface area contributed by atoms with Crippen molar-refractivity contribution in [1.29, 1.82) is 0 Å². The highest BCUT2D eigenvalue weighted by Crippen LogP contribution is 2.40. The van der Waals surface area contributed by atoms with Crippen LogP contribution in [0.3, 0.4) is 0 Å². The average Bonchev–Trinajstić information content (AvgIpc) is 3.32. The van der Waals surface area contributed by atoms with E-state index >= 15 is 0 Å². The first-order valence-electron chi connectivity index (χ1n) is 22.9. The first-order chi connectivity index (χ1) is 33.5. The summed E-state index contributed by atoms with van der Waals surface area (Å²) in [6.45, 7) is 5.03. The van der Waals surface area contributed by atoms with E-state index in [9.17, 15) is 26.4 Å². The number of carbonyl (C=O) groups is 2. The van der Waals surface area contributed by atoms with Gasteiger partial charge in [-0.25, -0.2) is 26.3 Å². The second-order valence-electron chi connectivity index (χ2n) is 17.0. The fraction of sp³-hybridized carbons (Fsp3) is 0.458. The summed E-state index contributed by atoms with van der Waals surface area (Å²) in [5, 5.41) is 7.65. The molecule has 0 bridgehead atoms. The minimum absolute atomic E-state index is 0.00590. The van der Waals surface area contributed by atoms with Gasteiger partial charge < -0.3 is 39.4 Å².